The van der Waals surface area contributed by atoms with Gasteiger partial charge in [-0.1, -0.05) is 31.0 Å². The third-order valence-corrected chi connectivity index (χ3v) is 4.59. The molecule has 0 unspecified atom stereocenters. The van der Waals surface area contributed by atoms with Gasteiger partial charge in [0.1, 0.15) is 11.5 Å². The Morgan fingerprint density at radius 3 is 3.00 bits per heavy atom. The highest BCUT2D eigenvalue weighted by Gasteiger charge is 2.26. The maximum atomic E-state index is 5.52. The van der Waals surface area contributed by atoms with E-state index >= 15 is 0 Å². The second-order valence-corrected chi connectivity index (χ2v) is 6.57. The summed E-state index contributed by atoms with van der Waals surface area (Å²) in [6.45, 7) is 6.22. The molecule has 0 saturated carbocycles. The van der Waals surface area contributed by atoms with E-state index in [1.807, 2.05) is 0 Å². The molecule has 0 spiro atoms. The van der Waals surface area contributed by atoms with Crippen LogP contribution >= 0.6 is 0 Å². The van der Waals surface area contributed by atoms with Gasteiger partial charge in [-0.2, -0.15) is 0 Å². The fraction of sp³-hybridized carbons (Fsp3) is 0.579. The normalized spacial score (nSPS) is 19.7. The average Bonchev–Trinajstić information content (AvgIpc) is 2.87. The van der Waals surface area contributed by atoms with Crippen LogP contribution in [0.2, 0.25) is 0 Å². The van der Waals surface area contributed by atoms with Crippen LogP contribution in [0.4, 0.5) is 0 Å². The van der Waals surface area contributed by atoms with E-state index in [4.69, 9.17) is 4.52 Å². The molecule has 124 valence electrons. The second-order valence-electron chi connectivity index (χ2n) is 6.57. The van der Waals surface area contributed by atoms with Gasteiger partial charge >= 0.3 is 0 Å². The maximum Gasteiger partial charge on any atom is 0.137 e. The Morgan fingerprint density at radius 2 is 2.17 bits per heavy atom. The molecule has 1 saturated heterocycles. The molecule has 2 aromatic heterocycles. The smallest absolute Gasteiger partial charge is 0.137 e. The van der Waals surface area contributed by atoms with E-state index in [0.717, 1.165) is 55.2 Å². The maximum absolute atomic E-state index is 5.52. The summed E-state index contributed by atoms with van der Waals surface area (Å²) in [4.78, 5) is 7.21. The summed E-state index contributed by atoms with van der Waals surface area (Å²) in [6.07, 6.45) is 7.04. The summed E-state index contributed by atoms with van der Waals surface area (Å²) in [5.41, 5.74) is 3.33. The van der Waals surface area contributed by atoms with E-state index in [0.29, 0.717) is 6.04 Å². The van der Waals surface area contributed by atoms with E-state index < -0.39 is 0 Å². The van der Waals surface area contributed by atoms with Crippen molar-refractivity contribution in [2.24, 2.45) is 0 Å². The lowest BCUT2D eigenvalue weighted by molar-refractivity contribution is 0.181. The molecule has 0 bridgehead atoms. The zero-order valence-electron chi connectivity index (χ0n) is 14.3. The van der Waals surface area contributed by atoms with Crippen LogP contribution in [0.15, 0.2) is 28.8 Å². The van der Waals surface area contributed by atoms with Crippen molar-refractivity contribution in [3.05, 3.63) is 47.1 Å². The molecule has 0 N–H and O–H groups in total. The quantitative estimate of drug-likeness (QED) is 0.818. The van der Waals surface area contributed by atoms with Crippen LogP contribution < -0.4 is 0 Å². The molecular formula is C19H27N3O. The van der Waals surface area contributed by atoms with Crippen molar-refractivity contribution in [1.29, 1.82) is 0 Å². The molecule has 2 aromatic rings. The minimum atomic E-state index is 0.356. The summed E-state index contributed by atoms with van der Waals surface area (Å²) < 4.78 is 5.52. The molecule has 4 heteroatoms. The molecule has 3 rings (SSSR count). The fourth-order valence-electron chi connectivity index (χ4n) is 3.44. The van der Waals surface area contributed by atoms with Crippen LogP contribution in [0.3, 0.4) is 0 Å². The van der Waals surface area contributed by atoms with Gasteiger partial charge in [-0.25, -0.2) is 0 Å². The molecular weight excluding hydrogens is 286 g/mol. The number of aryl methyl sites for hydroxylation is 2. The van der Waals surface area contributed by atoms with Gasteiger partial charge in [0.15, 0.2) is 0 Å². The van der Waals surface area contributed by atoms with Gasteiger partial charge in [-0.05, 0) is 44.9 Å². The van der Waals surface area contributed by atoms with E-state index in [-0.39, 0.29) is 0 Å². The number of hydrogen-bond donors (Lipinski definition) is 0. The molecule has 1 fully saturated rings. The largest absolute Gasteiger partial charge is 0.361 e. The zero-order valence-corrected chi connectivity index (χ0v) is 14.3. The predicted molar refractivity (Wildman–Crippen MR) is 91.1 cm³/mol. The van der Waals surface area contributed by atoms with Crippen molar-refractivity contribution in [3.8, 4) is 0 Å². The number of nitrogens with zero attached hydrogens (tertiary/aromatic N) is 3. The van der Waals surface area contributed by atoms with Gasteiger partial charge in [0.05, 0.1) is 11.7 Å². The molecule has 1 aliphatic rings. The number of aromatic nitrogens is 2. The topological polar surface area (TPSA) is 42.2 Å². The summed E-state index contributed by atoms with van der Waals surface area (Å²) >= 11 is 0. The van der Waals surface area contributed by atoms with E-state index in [9.17, 15) is 0 Å². The first kappa shape index (κ1) is 16.2. The van der Waals surface area contributed by atoms with Crippen LogP contribution in [0.25, 0.3) is 0 Å². The Balaban J connectivity index is 1.79. The molecule has 0 aromatic carbocycles. The van der Waals surface area contributed by atoms with Gasteiger partial charge < -0.3 is 4.52 Å². The highest BCUT2D eigenvalue weighted by atomic mass is 16.5. The van der Waals surface area contributed by atoms with Gasteiger partial charge in [-0.15, -0.1) is 0 Å². The first-order valence-corrected chi connectivity index (χ1v) is 8.88. The Kier molecular flexibility index (Phi) is 5.44. The Morgan fingerprint density at radius 1 is 1.26 bits per heavy atom. The van der Waals surface area contributed by atoms with Crippen LogP contribution in [0.1, 0.15) is 67.9 Å². The Labute approximate surface area is 138 Å². The highest BCUT2D eigenvalue weighted by molar-refractivity contribution is 5.13. The van der Waals surface area contributed by atoms with Crippen LogP contribution in [-0.2, 0) is 13.0 Å². The van der Waals surface area contributed by atoms with Crippen molar-refractivity contribution in [1.82, 2.24) is 15.0 Å². The first-order valence-electron chi connectivity index (χ1n) is 8.88. The number of rotatable bonds is 5. The average molecular weight is 313 g/mol. The minimum absolute atomic E-state index is 0.356. The summed E-state index contributed by atoms with van der Waals surface area (Å²) in [5.74, 6) is 1.01. The second kappa shape index (κ2) is 7.73. The molecule has 0 radical (unpaired) electrons. The van der Waals surface area contributed by atoms with E-state index in [1.165, 1.54) is 19.3 Å². The summed E-state index contributed by atoms with van der Waals surface area (Å²) in [5, 5.41) is 4.37. The molecule has 0 amide bonds. The Hall–Kier alpha value is -1.68. The van der Waals surface area contributed by atoms with E-state index in [1.54, 1.807) is 0 Å². The number of likely N-dealkylation sites (tertiary alicyclic amines) is 1. The highest BCUT2D eigenvalue weighted by Crippen LogP contribution is 2.31. The molecule has 0 aliphatic carbocycles. The van der Waals surface area contributed by atoms with Gasteiger partial charge in [0, 0.05) is 24.7 Å². The predicted octanol–water partition coefficient (Wildman–Crippen LogP) is 4.45. The SMILES string of the molecule is CCCc1cc([C@H]2CCCCCN2Cc2cccc(C)n2)no1. The van der Waals surface area contributed by atoms with E-state index in [2.05, 4.69) is 53.2 Å². The number of pyridine rings is 1. The van der Waals surface area contributed by atoms with Gasteiger partial charge in [0.2, 0.25) is 0 Å². The fourth-order valence-corrected chi connectivity index (χ4v) is 3.44. The van der Waals surface area contributed by atoms with Gasteiger partial charge in [0.25, 0.3) is 0 Å². The third kappa shape index (κ3) is 4.20. The van der Waals surface area contributed by atoms with Crippen molar-refractivity contribution in [3.63, 3.8) is 0 Å². The van der Waals surface area contributed by atoms with Crippen LogP contribution in [0, 0.1) is 6.92 Å². The van der Waals surface area contributed by atoms with Gasteiger partial charge in [-0.3, -0.25) is 9.88 Å². The van der Waals surface area contributed by atoms with Crippen molar-refractivity contribution in [2.75, 3.05) is 6.54 Å². The van der Waals surface area contributed by atoms with Crippen LogP contribution in [-0.4, -0.2) is 21.6 Å². The minimum Gasteiger partial charge on any atom is -0.361 e. The Bertz CT molecular complexity index is 623. The van der Waals surface area contributed by atoms with Crippen molar-refractivity contribution < 1.29 is 4.52 Å². The summed E-state index contributed by atoms with van der Waals surface area (Å²) in [6, 6.07) is 8.79. The zero-order chi connectivity index (χ0) is 16.1. The molecule has 1 atom stereocenters. The third-order valence-electron chi connectivity index (χ3n) is 4.59. The monoisotopic (exact) mass is 313 g/mol. The molecule has 3 heterocycles. The lowest BCUT2D eigenvalue weighted by Crippen LogP contribution is -2.28. The number of hydrogen-bond acceptors (Lipinski definition) is 4. The molecule has 4 nitrogen and oxygen atoms in total. The lowest BCUT2D eigenvalue weighted by Gasteiger charge is -2.28. The molecule has 1 aliphatic heterocycles. The van der Waals surface area contributed by atoms with Crippen molar-refractivity contribution in [2.45, 2.75) is 65.0 Å². The lowest BCUT2D eigenvalue weighted by atomic mass is 10.1. The summed E-state index contributed by atoms with van der Waals surface area (Å²) in [7, 11) is 0. The first-order chi connectivity index (χ1) is 11.3. The standard InChI is InChI=1S/C19H27N3O/c1-3-8-17-13-18(21-23-17)19-11-5-4-6-12-22(19)14-16-10-7-9-15(2)20-16/h7,9-10,13,19H,3-6,8,11-12,14H2,1-2H3/t19-/m1/s1. The molecule has 23 heavy (non-hydrogen) atoms. The van der Waals surface area contributed by atoms with Crippen LogP contribution in [0.5, 0.6) is 0 Å². The van der Waals surface area contributed by atoms with Crippen molar-refractivity contribution >= 4 is 0 Å².